The molecule has 126 valence electrons. The van der Waals surface area contributed by atoms with Gasteiger partial charge in [-0.25, -0.2) is 4.98 Å². The SMILES string of the molecule is Cc1cnc(CN(C)C(=O)C2CC(=O)N(Cc3ccccn3)C2)[nH]1. The van der Waals surface area contributed by atoms with Crippen molar-refractivity contribution in [3.63, 3.8) is 0 Å². The second kappa shape index (κ2) is 6.82. The fourth-order valence-corrected chi connectivity index (χ4v) is 2.94. The lowest BCUT2D eigenvalue weighted by Crippen LogP contribution is -2.34. The summed E-state index contributed by atoms with van der Waals surface area (Å²) in [5.41, 5.74) is 1.79. The maximum Gasteiger partial charge on any atom is 0.228 e. The molecule has 2 aromatic rings. The zero-order chi connectivity index (χ0) is 17.1. The van der Waals surface area contributed by atoms with E-state index in [0.717, 1.165) is 17.2 Å². The summed E-state index contributed by atoms with van der Waals surface area (Å²) >= 11 is 0. The van der Waals surface area contributed by atoms with Crippen molar-refractivity contribution in [1.29, 1.82) is 0 Å². The van der Waals surface area contributed by atoms with Crippen molar-refractivity contribution < 1.29 is 9.59 Å². The van der Waals surface area contributed by atoms with Crippen molar-refractivity contribution in [1.82, 2.24) is 24.8 Å². The van der Waals surface area contributed by atoms with E-state index in [-0.39, 0.29) is 24.2 Å². The number of hydrogen-bond acceptors (Lipinski definition) is 4. The molecule has 0 bridgehead atoms. The Morgan fingerprint density at radius 2 is 2.25 bits per heavy atom. The van der Waals surface area contributed by atoms with Crippen molar-refractivity contribution in [2.24, 2.45) is 5.92 Å². The molecule has 1 saturated heterocycles. The number of nitrogens with zero attached hydrogens (tertiary/aromatic N) is 4. The first-order chi connectivity index (χ1) is 11.5. The van der Waals surface area contributed by atoms with Gasteiger partial charge in [0.25, 0.3) is 0 Å². The summed E-state index contributed by atoms with van der Waals surface area (Å²) < 4.78 is 0. The summed E-state index contributed by atoms with van der Waals surface area (Å²) in [6, 6.07) is 5.62. The van der Waals surface area contributed by atoms with Gasteiger partial charge >= 0.3 is 0 Å². The maximum absolute atomic E-state index is 12.6. The maximum atomic E-state index is 12.6. The van der Waals surface area contributed by atoms with Crippen LogP contribution in [0.1, 0.15) is 23.6 Å². The van der Waals surface area contributed by atoms with Crippen LogP contribution in [-0.4, -0.2) is 50.2 Å². The van der Waals surface area contributed by atoms with Crippen LogP contribution in [0.25, 0.3) is 0 Å². The molecule has 1 fully saturated rings. The summed E-state index contributed by atoms with van der Waals surface area (Å²) in [7, 11) is 1.74. The summed E-state index contributed by atoms with van der Waals surface area (Å²) in [4.78, 5) is 39.7. The molecule has 0 saturated carbocycles. The van der Waals surface area contributed by atoms with Crippen LogP contribution in [0, 0.1) is 12.8 Å². The highest BCUT2D eigenvalue weighted by Gasteiger charge is 2.35. The van der Waals surface area contributed by atoms with E-state index in [1.807, 2.05) is 25.1 Å². The van der Waals surface area contributed by atoms with Crippen LogP contribution in [0.15, 0.2) is 30.6 Å². The summed E-state index contributed by atoms with van der Waals surface area (Å²) in [5, 5.41) is 0. The van der Waals surface area contributed by atoms with Gasteiger partial charge in [-0.3, -0.25) is 14.6 Å². The monoisotopic (exact) mass is 327 g/mol. The van der Waals surface area contributed by atoms with Crippen LogP contribution in [0.2, 0.25) is 0 Å². The van der Waals surface area contributed by atoms with Gasteiger partial charge in [0.1, 0.15) is 5.82 Å². The number of rotatable bonds is 5. The Kier molecular flexibility index (Phi) is 4.59. The molecule has 24 heavy (non-hydrogen) atoms. The lowest BCUT2D eigenvalue weighted by atomic mass is 10.1. The number of aromatic nitrogens is 3. The molecule has 1 unspecified atom stereocenters. The highest BCUT2D eigenvalue weighted by Crippen LogP contribution is 2.22. The molecule has 2 aromatic heterocycles. The lowest BCUT2D eigenvalue weighted by Gasteiger charge is -2.20. The Morgan fingerprint density at radius 1 is 1.42 bits per heavy atom. The molecule has 7 heteroatoms. The number of amides is 2. The largest absolute Gasteiger partial charge is 0.345 e. The molecule has 0 spiro atoms. The first kappa shape index (κ1) is 16.2. The molecule has 1 aliphatic rings. The van der Waals surface area contributed by atoms with E-state index in [0.29, 0.717) is 19.6 Å². The van der Waals surface area contributed by atoms with Crippen LogP contribution in [0.4, 0.5) is 0 Å². The van der Waals surface area contributed by atoms with Gasteiger partial charge in [0.15, 0.2) is 0 Å². The predicted molar refractivity (Wildman–Crippen MR) is 87.6 cm³/mol. The quantitative estimate of drug-likeness (QED) is 0.892. The van der Waals surface area contributed by atoms with Gasteiger partial charge in [-0.15, -0.1) is 0 Å². The number of aryl methyl sites for hydroxylation is 1. The number of carbonyl (C=O) groups is 2. The van der Waals surface area contributed by atoms with Crippen LogP contribution >= 0.6 is 0 Å². The number of carbonyl (C=O) groups excluding carboxylic acids is 2. The van der Waals surface area contributed by atoms with Gasteiger partial charge in [-0.2, -0.15) is 0 Å². The van der Waals surface area contributed by atoms with Crippen LogP contribution < -0.4 is 0 Å². The summed E-state index contributed by atoms with van der Waals surface area (Å²) in [5.74, 6) is 0.419. The number of H-pyrrole nitrogens is 1. The molecule has 3 heterocycles. The molecule has 7 nitrogen and oxygen atoms in total. The number of pyridine rings is 1. The van der Waals surface area contributed by atoms with Crippen molar-refractivity contribution in [2.75, 3.05) is 13.6 Å². The molecule has 1 N–H and O–H groups in total. The highest BCUT2D eigenvalue weighted by atomic mass is 16.2. The van der Waals surface area contributed by atoms with Crippen molar-refractivity contribution >= 4 is 11.8 Å². The number of imidazole rings is 1. The van der Waals surface area contributed by atoms with E-state index in [2.05, 4.69) is 15.0 Å². The van der Waals surface area contributed by atoms with E-state index in [1.165, 1.54) is 0 Å². The average molecular weight is 327 g/mol. The second-order valence-corrected chi connectivity index (χ2v) is 6.20. The molecular weight excluding hydrogens is 306 g/mol. The normalized spacial score (nSPS) is 17.3. The Hall–Kier alpha value is -2.70. The Morgan fingerprint density at radius 3 is 2.92 bits per heavy atom. The Bertz CT molecular complexity index is 728. The first-order valence-electron chi connectivity index (χ1n) is 7.96. The van der Waals surface area contributed by atoms with Gasteiger partial charge in [0.05, 0.1) is 24.7 Å². The van der Waals surface area contributed by atoms with E-state index < -0.39 is 0 Å². The average Bonchev–Trinajstić information content (AvgIpc) is 3.14. The number of likely N-dealkylation sites (tertiary alicyclic amines) is 1. The van der Waals surface area contributed by atoms with Gasteiger partial charge in [0, 0.05) is 38.1 Å². The summed E-state index contributed by atoms with van der Waals surface area (Å²) in [6.45, 7) is 3.22. The van der Waals surface area contributed by atoms with E-state index in [9.17, 15) is 9.59 Å². The third-order valence-corrected chi connectivity index (χ3v) is 4.16. The van der Waals surface area contributed by atoms with Gasteiger partial charge < -0.3 is 14.8 Å². The zero-order valence-corrected chi connectivity index (χ0v) is 13.9. The first-order valence-corrected chi connectivity index (χ1v) is 7.96. The Balaban J connectivity index is 1.59. The molecular formula is C17H21N5O2. The van der Waals surface area contributed by atoms with Crippen molar-refractivity contribution in [2.45, 2.75) is 26.4 Å². The predicted octanol–water partition coefficient (Wildman–Crippen LogP) is 1.12. The minimum atomic E-state index is -0.303. The van der Waals surface area contributed by atoms with Crippen LogP contribution in [0.3, 0.4) is 0 Å². The molecule has 0 aromatic carbocycles. The number of nitrogens with one attached hydrogen (secondary N) is 1. The van der Waals surface area contributed by atoms with Gasteiger partial charge in [-0.05, 0) is 19.1 Å². The third-order valence-electron chi connectivity index (χ3n) is 4.16. The fourth-order valence-electron chi connectivity index (χ4n) is 2.94. The van der Waals surface area contributed by atoms with Crippen LogP contribution in [-0.2, 0) is 22.7 Å². The number of aromatic amines is 1. The van der Waals surface area contributed by atoms with E-state index in [4.69, 9.17) is 0 Å². The minimum absolute atomic E-state index is 0.00115. The number of hydrogen-bond donors (Lipinski definition) is 1. The van der Waals surface area contributed by atoms with E-state index >= 15 is 0 Å². The molecule has 3 rings (SSSR count). The van der Waals surface area contributed by atoms with Crippen molar-refractivity contribution in [3.8, 4) is 0 Å². The highest BCUT2D eigenvalue weighted by molar-refractivity contribution is 5.89. The Labute approximate surface area is 140 Å². The second-order valence-electron chi connectivity index (χ2n) is 6.20. The standard InChI is InChI=1S/C17H21N5O2/c1-12-8-19-15(20-12)11-21(2)17(24)13-7-16(23)22(9-13)10-14-5-3-4-6-18-14/h3-6,8,13H,7,9-11H2,1-2H3,(H,19,20). The zero-order valence-electron chi connectivity index (χ0n) is 13.9. The molecule has 1 aliphatic heterocycles. The fraction of sp³-hybridized carbons (Fsp3) is 0.412. The molecule has 0 radical (unpaired) electrons. The van der Waals surface area contributed by atoms with E-state index in [1.54, 1.807) is 29.2 Å². The molecule has 1 atom stereocenters. The molecule has 0 aliphatic carbocycles. The topological polar surface area (TPSA) is 82.2 Å². The smallest absolute Gasteiger partial charge is 0.228 e. The summed E-state index contributed by atoms with van der Waals surface area (Å²) in [6.07, 6.45) is 3.70. The molecule has 2 amide bonds. The van der Waals surface area contributed by atoms with Gasteiger partial charge in [-0.1, -0.05) is 6.07 Å². The van der Waals surface area contributed by atoms with Crippen LogP contribution in [0.5, 0.6) is 0 Å². The van der Waals surface area contributed by atoms with Gasteiger partial charge in [0.2, 0.25) is 11.8 Å². The minimum Gasteiger partial charge on any atom is -0.345 e. The van der Waals surface area contributed by atoms with Crippen molar-refractivity contribution in [3.05, 3.63) is 47.8 Å². The third kappa shape index (κ3) is 3.61. The lowest BCUT2D eigenvalue weighted by molar-refractivity contribution is -0.135.